The summed E-state index contributed by atoms with van der Waals surface area (Å²) in [6.45, 7) is 5.25. The third kappa shape index (κ3) is 11.2. The van der Waals surface area contributed by atoms with E-state index in [1.165, 1.54) is 4.90 Å². The van der Waals surface area contributed by atoms with E-state index in [0.717, 1.165) is 25.9 Å². The number of aliphatic carboxylic acids is 1. The van der Waals surface area contributed by atoms with Crippen molar-refractivity contribution in [2.45, 2.75) is 57.5 Å². The van der Waals surface area contributed by atoms with Crippen LogP contribution in [0.15, 0.2) is 0 Å². The molecule has 2 amide bonds. The van der Waals surface area contributed by atoms with E-state index < -0.39 is 12.0 Å². The number of nitrogens with zero attached hydrogens (tertiary/aromatic N) is 2. The Morgan fingerprint density at radius 1 is 1.03 bits per heavy atom. The number of carboxylic acid groups (broad SMARTS) is 1. The molecule has 0 radical (unpaired) electrons. The van der Waals surface area contributed by atoms with Crippen molar-refractivity contribution in [2.24, 2.45) is 0 Å². The van der Waals surface area contributed by atoms with E-state index in [4.69, 9.17) is 14.6 Å². The first-order valence-electron chi connectivity index (χ1n) is 10.9. The predicted molar refractivity (Wildman–Crippen MR) is 114 cm³/mol. The highest BCUT2D eigenvalue weighted by molar-refractivity contribution is 5.85. The van der Waals surface area contributed by atoms with E-state index in [9.17, 15) is 19.2 Å². The summed E-state index contributed by atoms with van der Waals surface area (Å²) in [6, 6.07) is -0.394. The Bertz CT molecular complexity index is 567. The SMILES string of the molecule is CC(C=O)N(C)C(=O)CCC(=O)N(CCOCCOCCCC(=O)O)C1CCNCC1. The van der Waals surface area contributed by atoms with Crippen LogP contribution in [0, 0.1) is 0 Å². The second-order valence-corrected chi connectivity index (χ2v) is 7.67. The average molecular weight is 444 g/mol. The Hall–Kier alpha value is -2.04. The molecule has 0 aromatic carbocycles. The molecule has 1 atom stereocenters. The first kappa shape index (κ1) is 27.0. The fraction of sp³-hybridized carbons (Fsp3) is 0.810. The zero-order valence-corrected chi connectivity index (χ0v) is 18.7. The van der Waals surface area contributed by atoms with Crippen molar-refractivity contribution in [1.29, 1.82) is 0 Å². The number of hydrogen-bond acceptors (Lipinski definition) is 7. The number of carboxylic acids is 1. The van der Waals surface area contributed by atoms with Gasteiger partial charge in [0.25, 0.3) is 0 Å². The van der Waals surface area contributed by atoms with Gasteiger partial charge in [-0.05, 0) is 39.3 Å². The maximum absolute atomic E-state index is 12.8. The van der Waals surface area contributed by atoms with E-state index in [1.54, 1.807) is 14.0 Å². The molecule has 10 heteroatoms. The first-order chi connectivity index (χ1) is 14.9. The van der Waals surface area contributed by atoms with Gasteiger partial charge in [-0.3, -0.25) is 14.4 Å². The highest BCUT2D eigenvalue weighted by Crippen LogP contribution is 2.14. The zero-order valence-electron chi connectivity index (χ0n) is 18.7. The minimum absolute atomic E-state index is 0.0695. The summed E-state index contributed by atoms with van der Waals surface area (Å²) in [6.07, 6.45) is 3.13. The van der Waals surface area contributed by atoms with Gasteiger partial charge in [0.05, 0.1) is 25.9 Å². The number of carbonyl (C=O) groups is 4. The molecular formula is C21H37N3O7. The van der Waals surface area contributed by atoms with Crippen LogP contribution in [0.4, 0.5) is 0 Å². The smallest absolute Gasteiger partial charge is 0.303 e. The van der Waals surface area contributed by atoms with Crippen LogP contribution < -0.4 is 5.32 Å². The van der Waals surface area contributed by atoms with Gasteiger partial charge in [0.1, 0.15) is 6.29 Å². The second-order valence-electron chi connectivity index (χ2n) is 7.67. The fourth-order valence-electron chi connectivity index (χ4n) is 3.29. The summed E-state index contributed by atoms with van der Waals surface area (Å²) in [4.78, 5) is 49.5. The molecule has 0 saturated carbocycles. The van der Waals surface area contributed by atoms with Crippen molar-refractivity contribution < 1.29 is 33.8 Å². The normalized spacial score (nSPS) is 15.3. The van der Waals surface area contributed by atoms with Gasteiger partial charge in [-0.2, -0.15) is 0 Å². The van der Waals surface area contributed by atoms with Gasteiger partial charge < -0.3 is 34.5 Å². The Morgan fingerprint density at radius 2 is 1.65 bits per heavy atom. The van der Waals surface area contributed by atoms with E-state index >= 15 is 0 Å². The van der Waals surface area contributed by atoms with Crippen molar-refractivity contribution >= 4 is 24.1 Å². The lowest BCUT2D eigenvalue weighted by Gasteiger charge is -2.35. The summed E-state index contributed by atoms with van der Waals surface area (Å²) in [5.74, 6) is -1.15. The highest BCUT2D eigenvalue weighted by Gasteiger charge is 2.26. The van der Waals surface area contributed by atoms with E-state index in [1.807, 2.05) is 4.90 Å². The largest absolute Gasteiger partial charge is 0.481 e. The molecule has 10 nitrogen and oxygen atoms in total. The van der Waals surface area contributed by atoms with Crippen LogP contribution in [-0.4, -0.2) is 104 Å². The van der Waals surface area contributed by atoms with Gasteiger partial charge in [-0.25, -0.2) is 0 Å². The lowest BCUT2D eigenvalue weighted by Crippen LogP contribution is -2.47. The van der Waals surface area contributed by atoms with Gasteiger partial charge in [0.2, 0.25) is 11.8 Å². The molecule has 0 bridgehead atoms. The maximum Gasteiger partial charge on any atom is 0.303 e. The van der Waals surface area contributed by atoms with Crippen molar-refractivity contribution in [1.82, 2.24) is 15.1 Å². The molecule has 0 aliphatic carbocycles. The molecule has 1 unspecified atom stereocenters. The van der Waals surface area contributed by atoms with Crippen LogP contribution in [0.5, 0.6) is 0 Å². The van der Waals surface area contributed by atoms with Crippen molar-refractivity contribution in [2.75, 3.05) is 53.1 Å². The van der Waals surface area contributed by atoms with Crippen molar-refractivity contribution in [3.8, 4) is 0 Å². The molecule has 0 spiro atoms. The Morgan fingerprint density at radius 3 is 2.26 bits per heavy atom. The molecule has 0 aromatic heterocycles. The predicted octanol–water partition coefficient (Wildman–Crippen LogP) is 0.291. The maximum atomic E-state index is 12.8. The van der Waals surface area contributed by atoms with Crippen molar-refractivity contribution in [3.05, 3.63) is 0 Å². The summed E-state index contributed by atoms with van der Waals surface area (Å²) < 4.78 is 10.9. The number of rotatable bonds is 16. The van der Waals surface area contributed by atoms with E-state index in [-0.39, 0.29) is 37.1 Å². The monoisotopic (exact) mass is 443 g/mol. The third-order valence-electron chi connectivity index (χ3n) is 5.35. The summed E-state index contributed by atoms with van der Waals surface area (Å²) in [5.41, 5.74) is 0. The minimum atomic E-state index is -0.839. The molecule has 178 valence electrons. The number of carbonyl (C=O) groups excluding carboxylic acids is 3. The summed E-state index contributed by atoms with van der Waals surface area (Å²) in [5, 5.41) is 11.9. The highest BCUT2D eigenvalue weighted by atomic mass is 16.5. The number of aldehydes is 1. The lowest BCUT2D eigenvalue weighted by atomic mass is 10.0. The Kier molecular flexibility index (Phi) is 13.7. The number of likely N-dealkylation sites (N-methyl/N-ethyl adjacent to an activating group) is 1. The standard InChI is InChI=1S/C21H37N3O7/c1-17(16-25)23(2)19(26)5-6-20(27)24(18-7-9-22-10-8-18)11-13-31-15-14-30-12-3-4-21(28)29/h16-18,22H,3-15H2,1-2H3,(H,28,29). The Balaban J connectivity index is 2.39. The van der Waals surface area contributed by atoms with Gasteiger partial charge in [-0.15, -0.1) is 0 Å². The van der Waals surface area contributed by atoms with Crippen LogP contribution in [-0.2, 0) is 28.7 Å². The molecular weight excluding hydrogens is 406 g/mol. The quantitative estimate of drug-likeness (QED) is 0.258. The second kappa shape index (κ2) is 15.7. The number of nitrogens with one attached hydrogen (secondary N) is 1. The van der Waals surface area contributed by atoms with Gasteiger partial charge >= 0.3 is 5.97 Å². The van der Waals surface area contributed by atoms with Gasteiger partial charge in [0.15, 0.2) is 0 Å². The number of hydrogen-bond donors (Lipinski definition) is 2. The molecule has 1 rings (SSSR count). The van der Waals surface area contributed by atoms with Crippen LogP contribution >= 0.6 is 0 Å². The summed E-state index contributed by atoms with van der Waals surface area (Å²) in [7, 11) is 1.56. The van der Waals surface area contributed by atoms with E-state index in [0.29, 0.717) is 45.7 Å². The lowest BCUT2D eigenvalue weighted by molar-refractivity contribution is -0.140. The van der Waals surface area contributed by atoms with Crippen LogP contribution in [0.2, 0.25) is 0 Å². The van der Waals surface area contributed by atoms with Crippen molar-refractivity contribution in [3.63, 3.8) is 0 Å². The first-order valence-corrected chi connectivity index (χ1v) is 10.9. The Labute approximate surface area is 184 Å². The van der Waals surface area contributed by atoms with Gasteiger partial charge in [-0.1, -0.05) is 0 Å². The van der Waals surface area contributed by atoms with E-state index in [2.05, 4.69) is 5.32 Å². The molecule has 31 heavy (non-hydrogen) atoms. The van der Waals surface area contributed by atoms with Crippen LogP contribution in [0.1, 0.15) is 45.4 Å². The molecule has 1 heterocycles. The van der Waals surface area contributed by atoms with Gasteiger partial charge in [0, 0.05) is 45.5 Å². The molecule has 1 aliphatic rings. The number of piperidine rings is 1. The minimum Gasteiger partial charge on any atom is -0.481 e. The molecule has 2 N–H and O–H groups in total. The third-order valence-corrected chi connectivity index (χ3v) is 5.35. The average Bonchev–Trinajstić information content (AvgIpc) is 2.77. The fourth-order valence-corrected chi connectivity index (χ4v) is 3.29. The zero-order chi connectivity index (χ0) is 23.1. The van der Waals surface area contributed by atoms with Crippen LogP contribution in [0.3, 0.4) is 0 Å². The summed E-state index contributed by atoms with van der Waals surface area (Å²) >= 11 is 0. The number of ether oxygens (including phenoxy) is 2. The number of amides is 2. The topological polar surface area (TPSA) is 125 Å². The van der Waals surface area contributed by atoms with Crippen LogP contribution in [0.25, 0.3) is 0 Å². The molecule has 1 aliphatic heterocycles. The molecule has 1 saturated heterocycles. The molecule has 0 aromatic rings. The molecule has 1 fully saturated rings.